The largest absolute Gasteiger partial charge is 0.480 e. The molecule has 0 aromatic carbocycles. The van der Waals surface area contributed by atoms with Gasteiger partial charge in [-0.05, 0) is 0 Å². The maximum atomic E-state index is 11.4. The number of aliphatic hydroxyl groups excluding tert-OH is 1. The Hall–Kier alpha value is -2.25. The Kier molecular flexibility index (Phi) is 3.26. The van der Waals surface area contributed by atoms with Gasteiger partial charge in [-0.15, -0.1) is 0 Å². The molecule has 1 aliphatic rings. The number of rotatable bonds is 3. The maximum absolute atomic E-state index is 11.4. The lowest BCUT2D eigenvalue weighted by atomic mass is 10.2. The molecule has 0 spiro atoms. The van der Waals surface area contributed by atoms with E-state index in [1.807, 2.05) is 5.32 Å². The van der Waals surface area contributed by atoms with Gasteiger partial charge < -0.3 is 25.0 Å². The van der Waals surface area contributed by atoms with Crippen LogP contribution in [-0.4, -0.2) is 40.4 Å². The van der Waals surface area contributed by atoms with Crippen molar-refractivity contribution in [1.29, 1.82) is 0 Å². The van der Waals surface area contributed by atoms with E-state index in [-0.39, 0.29) is 0 Å². The lowest BCUT2D eigenvalue weighted by molar-refractivity contribution is -0.221. The predicted octanol–water partition coefficient (Wildman–Crippen LogP) is -0.734. The SMILES string of the molecule is CC1(C)OC(=O)C(C(=O)NCC(=O)O)=C(O)O1. The van der Waals surface area contributed by atoms with Crippen molar-refractivity contribution >= 4 is 17.8 Å². The molecule has 0 aromatic rings. The summed E-state index contributed by atoms with van der Waals surface area (Å²) in [7, 11) is 0. The molecule has 0 fully saturated rings. The first-order valence-electron chi connectivity index (χ1n) is 4.58. The molecular weight excluding hydrogens is 234 g/mol. The zero-order valence-corrected chi connectivity index (χ0v) is 9.14. The molecule has 8 heteroatoms. The van der Waals surface area contributed by atoms with Crippen molar-refractivity contribution in [3.8, 4) is 0 Å². The molecule has 0 saturated heterocycles. The Balaban J connectivity index is 2.85. The third kappa shape index (κ3) is 3.10. The van der Waals surface area contributed by atoms with Crippen LogP contribution < -0.4 is 5.32 Å². The molecule has 0 aromatic heterocycles. The predicted molar refractivity (Wildman–Crippen MR) is 51.6 cm³/mol. The van der Waals surface area contributed by atoms with Crippen LogP contribution in [0.2, 0.25) is 0 Å². The van der Waals surface area contributed by atoms with E-state index >= 15 is 0 Å². The number of cyclic esters (lactones) is 1. The zero-order valence-electron chi connectivity index (χ0n) is 9.14. The number of carboxylic acids is 1. The van der Waals surface area contributed by atoms with Gasteiger partial charge in [0.15, 0.2) is 0 Å². The first-order valence-corrected chi connectivity index (χ1v) is 4.58. The molecule has 0 saturated carbocycles. The second-order valence-electron chi connectivity index (χ2n) is 3.65. The van der Waals surface area contributed by atoms with E-state index in [2.05, 4.69) is 0 Å². The van der Waals surface area contributed by atoms with Gasteiger partial charge in [0, 0.05) is 13.8 Å². The highest BCUT2D eigenvalue weighted by Gasteiger charge is 2.39. The molecular formula is C9H11NO7. The Bertz CT molecular complexity index is 410. The number of amides is 1. The van der Waals surface area contributed by atoms with Gasteiger partial charge in [0.05, 0.1) is 0 Å². The number of aliphatic hydroxyl groups is 1. The standard InChI is InChI=1S/C9H11NO7/c1-9(2)16-7(14)5(8(15)17-9)6(13)10-3-4(11)12/h14H,3H2,1-2H3,(H,10,13)(H,11,12). The van der Waals surface area contributed by atoms with Crippen LogP contribution >= 0.6 is 0 Å². The minimum Gasteiger partial charge on any atom is -0.480 e. The second-order valence-corrected chi connectivity index (χ2v) is 3.65. The van der Waals surface area contributed by atoms with Crippen LogP contribution in [0.15, 0.2) is 11.5 Å². The summed E-state index contributed by atoms with van der Waals surface area (Å²) in [6, 6.07) is 0. The third-order valence-corrected chi connectivity index (χ3v) is 1.73. The van der Waals surface area contributed by atoms with Crippen LogP contribution in [0.5, 0.6) is 0 Å². The van der Waals surface area contributed by atoms with Gasteiger partial charge in [-0.2, -0.15) is 0 Å². The molecule has 0 bridgehead atoms. The minimum atomic E-state index is -1.38. The molecule has 3 N–H and O–H groups in total. The van der Waals surface area contributed by atoms with E-state index in [0.717, 1.165) is 0 Å². The fraction of sp³-hybridized carbons (Fsp3) is 0.444. The van der Waals surface area contributed by atoms with Crippen molar-refractivity contribution < 1.29 is 34.1 Å². The summed E-state index contributed by atoms with van der Waals surface area (Å²) in [6.45, 7) is 2.05. The van der Waals surface area contributed by atoms with Gasteiger partial charge in [0.1, 0.15) is 6.54 Å². The van der Waals surface area contributed by atoms with Gasteiger partial charge in [-0.25, -0.2) is 4.79 Å². The van der Waals surface area contributed by atoms with Crippen molar-refractivity contribution in [1.82, 2.24) is 5.32 Å². The molecule has 17 heavy (non-hydrogen) atoms. The first kappa shape index (κ1) is 12.8. The van der Waals surface area contributed by atoms with Crippen LogP contribution in [0.1, 0.15) is 13.8 Å². The summed E-state index contributed by atoms with van der Waals surface area (Å²) in [5.41, 5.74) is -0.759. The normalized spacial score (nSPS) is 18.1. The van der Waals surface area contributed by atoms with Crippen molar-refractivity contribution in [2.45, 2.75) is 19.6 Å². The topological polar surface area (TPSA) is 122 Å². The summed E-state index contributed by atoms with van der Waals surface area (Å²) in [6.07, 6.45) is 0. The van der Waals surface area contributed by atoms with E-state index in [4.69, 9.17) is 14.6 Å². The molecule has 94 valence electrons. The zero-order chi connectivity index (χ0) is 13.2. The van der Waals surface area contributed by atoms with E-state index in [9.17, 15) is 19.5 Å². The lowest BCUT2D eigenvalue weighted by Crippen LogP contribution is -2.42. The molecule has 8 nitrogen and oxygen atoms in total. The molecule has 0 radical (unpaired) electrons. The van der Waals surface area contributed by atoms with Gasteiger partial charge in [0.25, 0.3) is 11.7 Å². The molecule has 1 rings (SSSR count). The van der Waals surface area contributed by atoms with E-state index in [0.29, 0.717) is 0 Å². The van der Waals surface area contributed by atoms with Crippen LogP contribution in [0.25, 0.3) is 0 Å². The van der Waals surface area contributed by atoms with Crippen molar-refractivity contribution in [3.63, 3.8) is 0 Å². The third-order valence-electron chi connectivity index (χ3n) is 1.73. The molecule has 1 heterocycles. The summed E-state index contributed by atoms with van der Waals surface area (Å²) in [5, 5.41) is 19.6. The number of aliphatic carboxylic acids is 1. The van der Waals surface area contributed by atoms with Crippen molar-refractivity contribution in [2.75, 3.05) is 6.54 Å². The Morgan fingerprint density at radius 1 is 1.35 bits per heavy atom. The van der Waals surface area contributed by atoms with Gasteiger partial charge in [0.2, 0.25) is 5.57 Å². The number of nitrogens with one attached hydrogen (secondary N) is 1. The van der Waals surface area contributed by atoms with Gasteiger partial charge in [-0.3, -0.25) is 9.59 Å². The highest BCUT2D eigenvalue weighted by atomic mass is 16.8. The molecule has 0 aliphatic carbocycles. The van der Waals surface area contributed by atoms with E-state index in [1.165, 1.54) is 13.8 Å². The monoisotopic (exact) mass is 245 g/mol. The Morgan fingerprint density at radius 2 is 1.94 bits per heavy atom. The van der Waals surface area contributed by atoms with Crippen molar-refractivity contribution in [3.05, 3.63) is 11.5 Å². The average Bonchev–Trinajstić information content (AvgIpc) is 2.11. The number of carboxylic acid groups (broad SMARTS) is 1. The smallest absolute Gasteiger partial charge is 0.354 e. The van der Waals surface area contributed by atoms with Crippen LogP contribution in [0.4, 0.5) is 0 Å². The number of ether oxygens (including phenoxy) is 2. The van der Waals surface area contributed by atoms with Crippen LogP contribution in [0, 0.1) is 0 Å². The highest BCUT2D eigenvalue weighted by Crippen LogP contribution is 2.24. The number of esters is 1. The average molecular weight is 245 g/mol. The molecule has 0 unspecified atom stereocenters. The fourth-order valence-corrected chi connectivity index (χ4v) is 1.10. The summed E-state index contributed by atoms with van der Waals surface area (Å²) in [4.78, 5) is 33.0. The summed E-state index contributed by atoms with van der Waals surface area (Å²) >= 11 is 0. The number of hydrogen-bond donors (Lipinski definition) is 3. The highest BCUT2D eigenvalue weighted by molar-refractivity contribution is 6.17. The molecule has 1 aliphatic heterocycles. The summed E-state index contributed by atoms with van der Waals surface area (Å²) < 4.78 is 9.47. The molecule has 0 atom stereocenters. The quantitative estimate of drug-likeness (QED) is 0.442. The number of hydrogen-bond acceptors (Lipinski definition) is 6. The summed E-state index contributed by atoms with van der Waals surface area (Å²) in [5.74, 6) is -5.72. The molecule has 1 amide bonds. The van der Waals surface area contributed by atoms with E-state index < -0.39 is 41.7 Å². The Labute approximate surface area is 95.8 Å². The Morgan fingerprint density at radius 3 is 2.41 bits per heavy atom. The van der Waals surface area contributed by atoms with E-state index in [1.54, 1.807) is 0 Å². The van der Waals surface area contributed by atoms with Crippen molar-refractivity contribution in [2.24, 2.45) is 0 Å². The van der Waals surface area contributed by atoms with Crippen LogP contribution in [0.3, 0.4) is 0 Å². The minimum absolute atomic E-state index is 0.688. The number of carbonyl (C=O) groups excluding carboxylic acids is 2. The second kappa shape index (κ2) is 4.32. The first-order chi connectivity index (χ1) is 7.73. The fourth-order valence-electron chi connectivity index (χ4n) is 1.10. The van der Waals surface area contributed by atoms with Crippen LogP contribution in [-0.2, 0) is 23.9 Å². The van der Waals surface area contributed by atoms with Gasteiger partial charge >= 0.3 is 17.9 Å². The number of carbonyl (C=O) groups is 3. The maximum Gasteiger partial charge on any atom is 0.354 e. The van der Waals surface area contributed by atoms with Gasteiger partial charge in [-0.1, -0.05) is 0 Å². The lowest BCUT2D eigenvalue weighted by Gasteiger charge is -2.30.